The van der Waals surface area contributed by atoms with Gasteiger partial charge in [0.1, 0.15) is 17.7 Å². The van der Waals surface area contributed by atoms with E-state index in [1.807, 2.05) is 63.4 Å². The Balaban J connectivity index is 1.56. The lowest BCUT2D eigenvalue weighted by molar-refractivity contribution is -0.142. The average Bonchev–Trinajstić information content (AvgIpc) is 3.73. The van der Waals surface area contributed by atoms with E-state index < -0.39 is 40.1 Å². The van der Waals surface area contributed by atoms with Crippen molar-refractivity contribution < 1.29 is 37.9 Å². The normalized spacial score (nSPS) is 16.0. The first-order valence-corrected chi connectivity index (χ1v) is 20.0. The minimum atomic E-state index is -4.08. The van der Waals surface area contributed by atoms with Crippen molar-refractivity contribution in [1.29, 1.82) is 0 Å². The topological polar surface area (TPSA) is 182 Å². The van der Waals surface area contributed by atoms with Gasteiger partial charge in [-0.3, -0.25) is 9.59 Å². The summed E-state index contributed by atoms with van der Waals surface area (Å²) in [4.78, 5) is 47.0. The fourth-order valence-corrected chi connectivity index (χ4v) is 8.48. The van der Waals surface area contributed by atoms with Crippen LogP contribution in [0.4, 0.5) is 4.79 Å². The van der Waals surface area contributed by atoms with Crippen molar-refractivity contribution in [2.45, 2.75) is 83.7 Å². The van der Waals surface area contributed by atoms with Crippen LogP contribution in [-0.2, 0) is 43.9 Å². The van der Waals surface area contributed by atoms with Gasteiger partial charge in [-0.05, 0) is 41.5 Å². The molecule has 16 heteroatoms. The molecule has 1 aliphatic rings. The van der Waals surface area contributed by atoms with Crippen LogP contribution in [0.1, 0.15) is 62.9 Å². The lowest BCUT2D eigenvalue weighted by Gasteiger charge is -2.35. The van der Waals surface area contributed by atoms with Gasteiger partial charge in [0.2, 0.25) is 15.9 Å². The van der Waals surface area contributed by atoms with Crippen molar-refractivity contribution >= 4 is 45.5 Å². The molecule has 0 bridgehead atoms. The van der Waals surface area contributed by atoms with E-state index in [1.54, 1.807) is 9.80 Å². The molecule has 1 aliphatic heterocycles. The Kier molecular flexibility index (Phi) is 14.9. The number of aromatic nitrogens is 1. The second-order valence-electron chi connectivity index (χ2n) is 13.6. The summed E-state index contributed by atoms with van der Waals surface area (Å²) >= 11 is 1.33. The molecular formula is C37H50N6O8S2. The zero-order valence-corrected chi connectivity index (χ0v) is 32.4. The number of aliphatic hydroxyl groups is 1. The average molecular weight is 771 g/mol. The molecule has 14 nitrogen and oxygen atoms in total. The third-order valence-electron chi connectivity index (χ3n) is 9.04. The number of hydrogen-bond acceptors (Lipinski definition) is 11. The van der Waals surface area contributed by atoms with Crippen molar-refractivity contribution in [2.24, 2.45) is 17.0 Å². The minimum absolute atomic E-state index is 0.0105. The largest absolute Gasteiger partial charge is 0.458 e. The zero-order valence-electron chi connectivity index (χ0n) is 30.8. The number of esters is 1. The second-order valence-corrected chi connectivity index (χ2v) is 16.5. The molecule has 1 fully saturated rings. The first-order chi connectivity index (χ1) is 25.2. The Labute approximate surface area is 315 Å². The molecular weight excluding hydrogens is 721 g/mol. The number of rotatable bonds is 19. The molecule has 3 N–H and O–H groups in total. The van der Waals surface area contributed by atoms with Gasteiger partial charge < -0.3 is 30.2 Å². The molecule has 0 radical (unpaired) electrons. The van der Waals surface area contributed by atoms with E-state index in [0.29, 0.717) is 35.8 Å². The summed E-state index contributed by atoms with van der Waals surface area (Å²) in [5.41, 5.74) is 1.99. The number of carbonyl (C=O) groups excluding carboxylic acids is 3. The van der Waals surface area contributed by atoms with Gasteiger partial charge in [-0.1, -0.05) is 81.7 Å². The number of benzene rings is 2. The molecule has 1 aromatic heterocycles. The number of urea groups is 1. The van der Waals surface area contributed by atoms with Crippen LogP contribution in [0.3, 0.4) is 0 Å². The van der Waals surface area contributed by atoms with Gasteiger partial charge in [0.25, 0.3) is 0 Å². The van der Waals surface area contributed by atoms with E-state index in [0.717, 1.165) is 5.56 Å². The maximum atomic E-state index is 14.3. The number of amides is 3. The smallest absolute Gasteiger partial charge is 0.321 e. The van der Waals surface area contributed by atoms with E-state index >= 15 is 0 Å². The summed E-state index contributed by atoms with van der Waals surface area (Å²) in [5, 5.41) is 29.1. The second kappa shape index (κ2) is 19.1. The van der Waals surface area contributed by atoms with E-state index in [2.05, 4.69) is 15.5 Å². The maximum absolute atomic E-state index is 14.3. The van der Waals surface area contributed by atoms with Crippen LogP contribution in [0.15, 0.2) is 70.0 Å². The summed E-state index contributed by atoms with van der Waals surface area (Å²) in [6, 6.07) is 13.1. The summed E-state index contributed by atoms with van der Waals surface area (Å²) in [6.07, 6.45) is 0.686. The third-order valence-corrected chi connectivity index (χ3v) is 11.8. The van der Waals surface area contributed by atoms with Gasteiger partial charge >= 0.3 is 12.0 Å². The fraction of sp³-hybridized carbons (Fsp3) is 0.486. The number of oxime groups is 1. The highest BCUT2D eigenvalue weighted by Crippen LogP contribution is 2.25. The van der Waals surface area contributed by atoms with Crippen LogP contribution < -0.4 is 5.32 Å². The Morgan fingerprint density at radius 1 is 1.09 bits per heavy atom. The van der Waals surface area contributed by atoms with E-state index in [4.69, 9.17) is 9.94 Å². The first-order valence-electron chi connectivity index (χ1n) is 17.7. The fourth-order valence-electron chi connectivity index (χ4n) is 6.16. The summed E-state index contributed by atoms with van der Waals surface area (Å²) < 4.78 is 34.1. The Hall–Kier alpha value is -4.38. The molecule has 3 aromatic rings. The van der Waals surface area contributed by atoms with E-state index in [9.17, 15) is 27.9 Å². The molecule has 3 amide bonds. The number of hydrogen-bond donors (Lipinski definition) is 3. The molecule has 4 atom stereocenters. The molecule has 0 saturated carbocycles. The van der Waals surface area contributed by atoms with Crippen molar-refractivity contribution in [2.75, 3.05) is 26.2 Å². The monoisotopic (exact) mass is 770 g/mol. The Morgan fingerprint density at radius 2 is 1.79 bits per heavy atom. The summed E-state index contributed by atoms with van der Waals surface area (Å²) in [5.74, 6) is -1.16. The standard InChI is InChI=1S/C37H50N6O8S2/c1-6-26(4)35(43-17-16-41(37(43)47)21-30-24-52-34(39-30)23-51-27(5)44)36(46)40-32(18-28-10-8-7-9-11-28)33(45)22-42(20-25(2)3)53(49,50)31-14-12-29(13-15-31)19-38-48/h7-15,19,24-26,32-33,35,45,48H,6,16-18,20-23H2,1-5H3,(H,40,46)/t26-,32-,33+,35-/m0/s1. The molecule has 0 unspecified atom stereocenters. The lowest BCUT2D eigenvalue weighted by atomic mass is 9.95. The molecule has 288 valence electrons. The number of ether oxygens (including phenoxy) is 1. The van der Waals surface area contributed by atoms with Crippen LogP contribution in [0.5, 0.6) is 0 Å². The highest BCUT2D eigenvalue weighted by Gasteiger charge is 2.41. The van der Waals surface area contributed by atoms with Crippen molar-refractivity contribution in [3.8, 4) is 0 Å². The predicted octanol–water partition coefficient (Wildman–Crippen LogP) is 4.10. The molecule has 0 spiro atoms. The number of sulfonamides is 1. The molecule has 2 aromatic carbocycles. The summed E-state index contributed by atoms with van der Waals surface area (Å²) in [7, 11) is -4.08. The molecule has 0 aliphatic carbocycles. The van der Waals surface area contributed by atoms with Crippen LogP contribution in [0.2, 0.25) is 0 Å². The molecule has 4 rings (SSSR count). The van der Waals surface area contributed by atoms with Crippen molar-refractivity contribution in [3.63, 3.8) is 0 Å². The number of nitrogens with one attached hydrogen (secondary N) is 1. The Bertz CT molecular complexity index is 1800. The van der Waals surface area contributed by atoms with Crippen LogP contribution >= 0.6 is 11.3 Å². The van der Waals surface area contributed by atoms with Gasteiger partial charge in [-0.2, -0.15) is 4.31 Å². The third kappa shape index (κ3) is 11.3. The van der Waals surface area contributed by atoms with E-state index in [-0.39, 0.29) is 55.4 Å². The lowest BCUT2D eigenvalue weighted by Crippen LogP contribution is -2.57. The first kappa shape index (κ1) is 41.4. The van der Waals surface area contributed by atoms with Gasteiger partial charge in [0, 0.05) is 38.5 Å². The summed E-state index contributed by atoms with van der Waals surface area (Å²) in [6.45, 7) is 9.71. The number of thiazole rings is 1. The maximum Gasteiger partial charge on any atom is 0.321 e. The number of nitrogens with zero attached hydrogens (tertiary/aromatic N) is 5. The highest BCUT2D eigenvalue weighted by molar-refractivity contribution is 7.89. The quantitative estimate of drug-likeness (QED) is 0.0700. The zero-order chi connectivity index (χ0) is 38.7. The number of aliphatic hydroxyl groups excluding tert-OH is 1. The van der Waals surface area contributed by atoms with E-state index in [1.165, 1.54) is 53.0 Å². The van der Waals surface area contributed by atoms with Crippen molar-refractivity contribution in [1.82, 2.24) is 24.4 Å². The van der Waals surface area contributed by atoms with Gasteiger partial charge in [-0.25, -0.2) is 18.2 Å². The van der Waals surface area contributed by atoms with Gasteiger partial charge in [0.15, 0.2) is 0 Å². The van der Waals surface area contributed by atoms with Crippen LogP contribution in [0, 0.1) is 11.8 Å². The minimum Gasteiger partial charge on any atom is -0.458 e. The predicted molar refractivity (Wildman–Crippen MR) is 201 cm³/mol. The van der Waals surface area contributed by atoms with Crippen LogP contribution in [-0.4, -0.2) is 106 Å². The van der Waals surface area contributed by atoms with Gasteiger partial charge in [0.05, 0.1) is 35.5 Å². The Morgan fingerprint density at radius 3 is 2.42 bits per heavy atom. The number of carbonyl (C=O) groups is 3. The molecule has 2 heterocycles. The highest BCUT2D eigenvalue weighted by atomic mass is 32.2. The van der Waals surface area contributed by atoms with Gasteiger partial charge in [-0.15, -0.1) is 11.3 Å². The SMILES string of the molecule is CC[C@H](C)[C@@H](C(=O)N[C@@H](Cc1ccccc1)[C@H](O)CN(CC(C)C)S(=O)(=O)c1ccc(C=NO)cc1)N1CCN(Cc2csc(COC(C)=O)n2)C1=O. The molecule has 1 saturated heterocycles. The molecule has 53 heavy (non-hydrogen) atoms. The van der Waals surface area contributed by atoms with Crippen LogP contribution in [0.25, 0.3) is 0 Å². The van der Waals surface area contributed by atoms with Crippen molar-refractivity contribution in [3.05, 3.63) is 81.8 Å².